The zero-order valence-corrected chi connectivity index (χ0v) is 6.76. The fourth-order valence-corrected chi connectivity index (χ4v) is 0.978. The molecule has 1 rings (SSSR count). The first-order valence-corrected chi connectivity index (χ1v) is 3.71. The first-order chi connectivity index (χ1) is 5.13. The molecular formula is C8H13FN2. The molecule has 0 fully saturated rings. The second-order valence-corrected chi connectivity index (χ2v) is 3.02. The van der Waals surface area contributed by atoms with Crippen LogP contribution < -0.4 is 5.73 Å². The van der Waals surface area contributed by atoms with Crippen molar-refractivity contribution in [3.63, 3.8) is 0 Å². The highest BCUT2D eigenvalue weighted by atomic mass is 19.1. The maximum Gasteiger partial charge on any atom is 0.195 e. The van der Waals surface area contributed by atoms with Crippen LogP contribution in [0.2, 0.25) is 0 Å². The molecule has 11 heavy (non-hydrogen) atoms. The monoisotopic (exact) mass is 156 g/mol. The van der Waals surface area contributed by atoms with Gasteiger partial charge in [0.25, 0.3) is 0 Å². The van der Waals surface area contributed by atoms with Crippen LogP contribution in [0.5, 0.6) is 0 Å². The van der Waals surface area contributed by atoms with E-state index in [0.29, 0.717) is 5.56 Å². The molecule has 0 aromatic carbocycles. The summed E-state index contributed by atoms with van der Waals surface area (Å²) in [6, 6.07) is 1.47. The van der Waals surface area contributed by atoms with Crippen molar-refractivity contribution < 1.29 is 4.39 Å². The van der Waals surface area contributed by atoms with Crippen LogP contribution in [0, 0.1) is 11.9 Å². The van der Waals surface area contributed by atoms with Gasteiger partial charge in [0.1, 0.15) is 0 Å². The number of aromatic amines is 1. The zero-order chi connectivity index (χ0) is 8.43. The zero-order valence-electron chi connectivity index (χ0n) is 6.76. The maximum absolute atomic E-state index is 12.8. The van der Waals surface area contributed by atoms with Crippen molar-refractivity contribution in [2.75, 3.05) is 0 Å². The van der Waals surface area contributed by atoms with Crippen LogP contribution in [0.15, 0.2) is 12.3 Å². The van der Waals surface area contributed by atoms with Crippen molar-refractivity contribution >= 4 is 0 Å². The van der Waals surface area contributed by atoms with E-state index < -0.39 is 0 Å². The minimum Gasteiger partial charge on any atom is -0.338 e. The van der Waals surface area contributed by atoms with Gasteiger partial charge in [0.05, 0.1) is 0 Å². The molecule has 1 aromatic rings. The summed E-state index contributed by atoms with van der Waals surface area (Å²) >= 11 is 0. The van der Waals surface area contributed by atoms with E-state index in [4.69, 9.17) is 5.73 Å². The average molecular weight is 156 g/mol. The predicted octanol–water partition coefficient (Wildman–Crippen LogP) is 1.81. The molecule has 1 atom stereocenters. The molecule has 1 heterocycles. The Balaban J connectivity index is 2.84. The van der Waals surface area contributed by atoms with Gasteiger partial charge in [0.15, 0.2) is 5.95 Å². The van der Waals surface area contributed by atoms with Gasteiger partial charge in [-0.1, -0.05) is 13.8 Å². The summed E-state index contributed by atoms with van der Waals surface area (Å²) in [6.07, 6.45) is 1.56. The first-order valence-electron chi connectivity index (χ1n) is 3.71. The average Bonchev–Trinajstić information content (AvgIpc) is 2.33. The van der Waals surface area contributed by atoms with Crippen molar-refractivity contribution in [1.82, 2.24) is 4.98 Å². The van der Waals surface area contributed by atoms with Crippen molar-refractivity contribution in [2.24, 2.45) is 11.7 Å². The molecule has 0 aliphatic carbocycles. The van der Waals surface area contributed by atoms with Gasteiger partial charge in [-0.25, -0.2) is 0 Å². The molecule has 3 N–H and O–H groups in total. The van der Waals surface area contributed by atoms with Gasteiger partial charge < -0.3 is 10.7 Å². The summed E-state index contributed by atoms with van der Waals surface area (Å²) in [5, 5.41) is 0. The van der Waals surface area contributed by atoms with Gasteiger partial charge in [0.2, 0.25) is 0 Å². The molecule has 2 nitrogen and oxygen atoms in total. The normalized spacial score (nSPS) is 13.9. The van der Waals surface area contributed by atoms with E-state index in [1.54, 1.807) is 12.3 Å². The summed E-state index contributed by atoms with van der Waals surface area (Å²) in [5.74, 6) is -0.0495. The fraction of sp³-hybridized carbons (Fsp3) is 0.500. The molecule has 0 saturated heterocycles. The Hall–Kier alpha value is -0.830. The van der Waals surface area contributed by atoms with E-state index >= 15 is 0 Å². The topological polar surface area (TPSA) is 41.8 Å². The number of nitrogens with two attached hydrogens (primary N) is 1. The highest BCUT2D eigenvalue weighted by Gasteiger charge is 2.14. The third-order valence-corrected chi connectivity index (χ3v) is 1.80. The molecule has 0 spiro atoms. The number of halogens is 1. The van der Waals surface area contributed by atoms with Gasteiger partial charge in [-0.15, -0.1) is 0 Å². The van der Waals surface area contributed by atoms with Crippen molar-refractivity contribution in [2.45, 2.75) is 19.9 Å². The standard InChI is InChI=1S/C8H13FN2/c1-5(2)7(10)6-3-4-11-8(6)9/h3-5,7,11H,10H2,1-2H3/t7-/m0/s1. The van der Waals surface area contributed by atoms with Crippen LogP contribution in [-0.4, -0.2) is 4.98 Å². The molecule has 0 amide bonds. The lowest BCUT2D eigenvalue weighted by atomic mass is 10.00. The maximum atomic E-state index is 12.8. The molecule has 0 aliphatic rings. The van der Waals surface area contributed by atoms with Crippen LogP contribution in [-0.2, 0) is 0 Å². The Morgan fingerprint density at radius 3 is 2.55 bits per heavy atom. The lowest BCUT2D eigenvalue weighted by molar-refractivity contribution is 0.479. The Kier molecular flexibility index (Phi) is 2.29. The van der Waals surface area contributed by atoms with Crippen LogP contribution in [0.4, 0.5) is 4.39 Å². The lowest BCUT2D eigenvalue weighted by Gasteiger charge is -2.13. The van der Waals surface area contributed by atoms with E-state index in [9.17, 15) is 4.39 Å². The fourth-order valence-electron chi connectivity index (χ4n) is 0.978. The molecule has 0 unspecified atom stereocenters. The molecule has 1 aromatic heterocycles. The van der Waals surface area contributed by atoms with Crippen LogP contribution in [0.1, 0.15) is 25.5 Å². The molecule has 0 saturated carbocycles. The summed E-state index contributed by atoms with van der Waals surface area (Å²) in [7, 11) is 0. The molecular weight excluding hydrogens is 143 g/mol. The highest BCUT2D eigenvalue weighted by molar-refractivity contribution is 5.15. The third kappa shape index (κ3) is 1.60. The minimum atomic E-state index is -0.314. The number of hydrogen-bond acceptors (Lipinski definition) is 1. The Morgan fingerprint density at radius 1 is 1.55 bits per heavy atom. The number of H-pyrrole nitrogens is 1. The molecule has 0 bridgehead atoms. The van der Waals surface area contributed by atoms with Crippen molar-refractivity contribution in [3.05, 3.63) is 23.8 Å². The lowest BCUT2D eigenvalue weighted by Crippen LogP contribution is -2.17. The quantitative estimate of drug-likeness (QED) is 0.673. The highest BCUT2D eigenvalue weighted by Crippen LogP contribution is 2.20. The summed E-state index contributed by atoms with van der Waals surface area (Å²) in [4.78, 5) is 2.46. The predicted molar refractivity (Wildman–Crippen MR) is 42.5 cm³/mol. The summed E-state index contributed by atoms with van der Waals surface area (Å²) in [6.45, 7) is 3.94. The minimum absolute atomic E-state index is 0.207. The van der Waals surface area contributed by atoms with Crippen LogP contribution >= 0.6 is 0 Å². The van der Waals surface area contributed by atoms with Gasteiger partial charge in [-0.2, -0.15) is 4.39 Å². The number of nitrogens with one attached hydrogen (secondary N) is 1. The Bertz CT molecular complexity index is 230. The van der Waals surface area contributed by atoms with E-state index in [2.05, 4.69) is 4.98 Å². The SMILES string of the molecule is CC(C)[C@H](N)c1cc[nH]c1F. The molecule has 0 aliphatic heterocycles. The van der Waals surface area contributed by atoms with E-state index in [1.807, 2.05) is 13.8 Å². The van der Waals surface area contributed by atoms with Crippen molar-refractivity contribution in [1.29, 1.82) is 0 Å². The molecule has 62 valence electrons. The second kappa shape index (κ2) is 3.05. The number of aromatic nitrogens is 1. The van der Waals surface area contributed by atoms with Gasteiger partial charge >= 0.3 is 0 Å². The number of hydrogen-bond donors (Lipinski definition) is 2. The third-order valence-electron chi connectivity index (χ3n) is 1.80. The van der Waals surface area contributed by atoms with Gasteiger partial charge in [0, 0.05) is 17.8 Å². The number of rotatable bonds is 2. The van der Waals surface area contributed by atoms with E-state index in [0.717, 1.165) is 0 Å². The van der Waals surface area contributed by atoms with Gasteiger partial charge in [-0.05, 0) is 12.0 Å². The van der Waals surface area contributed by atoms with E-state index in [-0.39, 0.29) is 17.9 Å². The Labute approximate surface area is 65.6 Å². The summed E-state index contributed by atoms with van der Waals surface area (Å²) in [5.41, 5.74) is 6.29. The Morgan fingerprint density at radius 2 is 2.18 bits per heavy atom. The van der Waals surface area contributed by atoms with Crippen LogP contribution in [0.25, 0.3) is 0 Å². The van der Waals surface area contributed by atoms with E-state index in [1.165, 1.54) is 0 Å². The van der Waals surface area contributed by atoms with Crippen molar-refractivity contribution in [3.8, 4) is 0 Å². The van der Waals surface area contributed by atoms with Gasteiger partial charge in [-0.3, -0.25) is 0 Å². The second-order valence-electron chi connectivity index (χ2n) is 3.02. The smallest absolute Gasteiger partial charge is 0.195 e. The largest absolute Gasteiger partial charge is 0.338 e. The molecule has 0 radical (unpaired) electrons. The first kappa shape index (κ1) is 8.27. The molecule has 3 heteroatoms. The van der Waals surface area contributed by atoms with Crippen LogP contribution in [0.3, 0.4) is 0 Å². The summed E-state index contributed by atoms with van der Waals surface area (Å²) < 4.78 is 12.8.